The number of hydrogen-bond acceptors (Lipinski definition) is 4. The van der Waals surface area contributed by atoms with Crippen LogP contribution in [0.15, 0.2) is 17.5 Å². The maximum absolute atomic E-state index is 11.7. The fraction of sp³-hybridized carbons (Fsp3) is 0.647. The molecule has 1 aromatic rings. The summed E-state index contributed by atoms with van der Waals surface area (Å²) in [6.07, 6.45) is 3.90. The van der Waals surface area contributed by atoms with Crippen LogP contribution in [0, 0.1) is 5.92 Å². The third-order valence-electron chi connectivity index (χ3n) is 4.23. The molecule has 0 atom stereocenters. The van der Waals surface area contributed by atoms with Crippen molar-refractivity contribution >= 4 is 23.2 Å². The monoisotopic (exact) mass is 337 g/mol. The minimum atomic E-state index is -0.105. The van der Waals surface area contributed by atoms with Crippen LogP contribution in [0.25, 0.3) is 0 Å². The van der Waals surface area contributed by atoms with E-state index >= 15 is 0 Å². The van der Waals surface area contributed by atoms with Gasteiger partial charge >= 0.3 is 0 Å². The molecule has 6 heteroatoms. The number of carbonyl (C=O) groups excluding carboxylic acids is 2. The van der Waals surface area contributed by atoms with Crippen LogP contribution in [0.1, 0.15) is 42.3 Å². The second-order valence-corrected chi connectivity index (χ2v) is 7.16. The van der Waals surface area contributed by atoms with Crippen molar-refractivity contribution < 1.29 is 9.59 Å². The molecule has 0 aromatic carbocycles. The zero-order chi connectivity index (χ0) is 16.5. The quantitative estimate of drug-likeness (QED) is 0.714. The predicted octanol–water partition coefficient (Wildman–Crippen LogP) is 2.11. The highest BCUT2D eigenvalue weighted by Gasteiger charge is 2.14. The van der Waals surface area contributed by atoms with Crippen LogP contribution >= 0.6 is 11.3 Å². The summed E-state index contributed by atoms with van der Waals surface area (Å²) in [6, 6.07) is 3.62. The van der Waals surface area contributed by atoms with Crippen molar-refractivity contribution in [2.24, 2.45) is 5.92 Å². The van der Waals surface area contributed by atoms with Gasteiger partial charge in [-0.05, 0) is 56.3 Å². The predicted molar refractivity (Wildman–Crippen MR) is 93.7 cm³/mol. The van der Waals surface area contributed by atoms with E-state index in [1.807, 2.05) is 11.4 Å². The second-order valence-electron chi connectivity index (χ2n) is 6.21. The smallest absolute Gasteiger partial charge is 0.261 e. The van der Waals surface area contributed by atoms with Crippen LogP contribution in [0.5, 0.6) is 0 Å². The second kappa shape index (κ2) is 9.67. The Morgan fingerprint density at radius 2 is 2.04 bits per heavy atom. The summed E-state index contributed by atoms with van der Waals surface area (Å²) in [6.45, 7) is 6.83. The van der Waals surface area contributed by atoms with E-state index in [0.717, 1.165) is 18.9 Å². The number of rotatable bonds is 8. The maximum atomic E-state index is 11.7. The number of likely N-dealkylation sites (tertiary alicyclic amines) is 1. The summed E-state index contributed by atoms with van der Waals surface area (Å²) in [5.74, 6) is 0.756. The molecule has 0 aliphatic carbocycles. The van der Waals surface area contributed by atoms with Crippen molar-refractivity contribution in [3.8, 4) is 0 Å². The fourth-order valence-electron chi connectivity index (χ4n) is 2.69. The number of hydrogen-bond donors (Lipinski definition) is 2. The Bertz CT molecular complexity index is 482. The van der Waals surface area contributed by atoms with E-state index in [4.69, 9.17) is 0 Å². The summed E-state index contributed by atoms with van der Waals surface area (Å²) in [4.78, 5) is 26.6. The Kier molecular flexibility index (Phi) is 7.55. The number of nitrogens with zero attached hydrogens (tertiary/aromatic N) is 1. The van der Waals surface area contributed by atoms with Crippen molar-refractivity contribution in [3.63, 3.8) is 0 Å². The van der Waals surface area contributed by atoms with Gasteiger partial charge in [-0.15, -0.1) is 11.3 Å². The maximum Gasteiger partial charge on any atom is 0.261 e. The summed E-state index contributed by atoms with van der Waals surface area (Å²) in [5.41, 5.74) is 0. The molecule has 2 amide bonds. The Balaban J connectivity index is 1.48. The van der Waals surface area contributed by atoms with Crippen LogP contribution in [-0.4, -0.2) is 49.4 Å². The third kappa shape index (κ3) is 6.71. The first kappa shape index (κ1) is 17.9. The van der Waals surface area contributed by atoms with Crippen LogP contribution < -0.4 is 10.6 Å². The molecule has 1 aliphatic rings. The molecule has 0 bridgehead atoms. The normalized spacial score (nSPS) is 16.2. The van der Waals surface area contributed by atoms with Crippen LogP contribution in [-0.2, 0) is 4.79 Å². The molecule has 128 valence electrons. The van der Waals surface area contributed by atoms with E-state index in [9.17, 15) is 9.59 Å². The van der Waals surface area contributed by atoms with Gasteiger partial charge in [0.15, 0.2) is 0 Å². The number of thiophene rings is 1. The van der Waals surface area contributed by atoms with E-state index in [1.165, 1.54) is 37.3 Å². The van der Waals surface area contributed by atoms with Gasteiger partial charge in [-0.25, -0.2) is 0 Å². The molecule has 1 aromatic heterocycles. The molecule has 5 nitrogen and oxygen atoms in total. The lowest BCUT2D eigenvalue weighted by Gasteiger charge is -2.30. The summed E-state index contributed by atoms with van der Waals surface area (Å²) >= 11 is 1.40. The SMILES string of the molecule is CC1CCN(CCCNC(=O)CCNC(=O)c2cccs2)CC1. The first-order valence-corrected chi connectivity index (χ1v) is 9.34. The van der Waals surface area contributed by atoms with Gasteiger partial charge in [0.2, 0.25) is 5.91 Å². The van der Waals surface area contributed by atoms with E-state index in [1.54, 1.807) is 6.07 Å². The van der Waals surface area contributed by atoms with Crippen LogP contribution in [0.3, 0.4) is 0 Å². The minimum absolute atomic E-state index is 0.00347. The number of piperidine rings is 1. The lowest BCUT2D eigenvalue weighted by molar-refractivity contribution is -0.120. The fourth-order valence-corrected chi connectivity index (χ4v) is 3.33. The van der Waals surface area contributed by atoms with E-state index in [0.29, 0.717) is 24.4 Å². The van der Waals surface area contributed by atoms with Gasteiger partial charge < -0.3 is 15.5 Å². The molecule has 1 fully saturated rings. The van der Waals surface area contributed by atoms with E-state index in [-0.39, 0.29) is 11.8 Å². The first-order chi connectivity index (χ1) is 11.1. The number of carbonyl (C=O) groups is 2. The average Bonchev–Trinajstić information content (AvgIpc) is 3.08. The lowest BCUT2D eigenvalue weighted by atomic mass is 9.99. The standard InChI is InChI=1S/C17H27N3O2S/c1-14-6-11-20(12-7-14)10-3-8-18-16(21)5-9-19-17(22)15-4-2-13-23-15/h2,4,13-14H,3,5-12H2,1H3,(H,18,21)(H,19,22). The zero-order valence-corrected chi connectivity index (χ0v) is 14.7. The lowest BCUT2D eigenvalue weighted by Crippen LogP contribution is -2.36. The van der Waals surface area contributed by atoms with Gasteiger partial charge in [-0.1, -0.05) is 13.0 Å². The topological polar surface area (TPSA) is 61.4 Å². The van der Waals surface area contributed by atoms with Crippen LogP contribution in [0.2, 0.25) is 0 Å². The Morgan fingerprint density at radius 1 is 1.26 bits per heavy atom. The molecule has 1 saturated heterocycles. The van der Waals surface area contributed by atoms with Crippen LogP contribution in [0.4, 0.5) is 0 Å². The molecular formula is C17H27N3O2S. The van der Waals surface area contributed by atoms with Crippen molar-refractivity contribution in [2.45, 2.75) is 32.6 Å². The molecular weight excluding hydrogens is 310 g/mol. The first-order valence-electron chi connectivity index (χ1n) is 8.46. The molecule has 0 unspecified atom stereocenters. The molecule has 23 heavy (non-hydrogen) atoms. The van der Waals surface area contributed by atoms with Gasteiger partial charge in [-0.2, -0.15) is 0 Å². The number of amides is 2. The Morgan fingerprint density at radius 3 is 2.74 bits per heavy atom. The molecule has 0 saturated carbocycles. The van der Waals surface area contributed by atoms with Crippen molar-refractivity contribution in [1.82, 2.24) is 15.5 Å². The average molecular weight is 337 g/mol. The molecule has 1 aliphatic heterocycles. The van der Waals surface area contributed by atoms with E-state index < -0.39 is 0 Å². The molecule has 0 radical (unpaired) electrons. The van der Waals surface area contributed by atoms with Gasteiger partial charge in [0.25, 0.3) is 5.91 Å². The third-order valence-corrected chi connectivity index (χ3v) is 5.10. The highest BCUT2D eigenvalue weighted by atomic mass is 32.1. The zero-order valence-electron chi connectivity index (χ0n) is 13.8. The Labute approximate surface area is 142 Å². The van der Waals surface area contributed by atoms with Gasteiger partial charge in [0, 0.05) is 19.5 Å². The van der Waals surface area contributed by atoms with Crippen molar-refractivity contribution in [1.29, 1.82) is 0 Å². The highest BCUT2D eigenvalue weighted by molar-refractivity contribution is 7.12. The largest absolute Gasteiger partial charge is 0.356 e. The Hall–Kier alpha value is -1.40. The molecule has 2 rings (SSSR count). The minimum Gasteiger partial charge on any atom is -0.356 e. The van der Waals surface area contributed by atoms with Gasteiger partial charge in [0.05, 0.1) is 4.88 Å². The van der Waals surface area contributed by atoms with Gasteiger partial charge in [-0.3, -0.25) is 9.59 Å². The van der Waals surface area contributed by atoms with Gasteiger partial charge in [0.1, 0.15) is 0 Å². The molecule has 0 spiro atoms. The molecule has 2 heterocycles. The molecule has 2 N–H and O–H groups in total. The highest BCUT2D eigenvalue weighted by Crippen LogP contribution is 2.15. The summed E-state index contributed by atoms with van der Waals surface area (Å²) in [7, 11) is 0. The van der Waals surface area contributed by atoms with Crippen molar-refractivity contribution in [3.05, 3.63) is 22.4 Å². The van der Waals surface area contributed by atoms with Crippen molar-refractivity contribution in [2.75, 3.05) is 32.7 Å². The summed E-state index contributed by atoms with van der Waals surface area (Å²) in [5, 5.41) is 7.56. The van der Waals surface area contributed by atoms with E-state index in [2.05, 4.69) is 22.5 Å². The number of nitrogens with one attached hydrogen (secondary N) is 2. The summed E-state index contributed by atoms with van der Waals surface area (Å²) < 4.78 is 0.